The molecular weight excluding hydrogens is 534 g/mol. The van der Waals surface area contributed by atoms with Gasteiger partial charge in [0.2, 0.25) is 11.7 Å². The maximum atomic E-state index is 12.5. The summed E-state index contributed by atoms with van der Waals surface area (Å²) in [6.07, 6.45) is 1.44. The van der Waals surface area contributed by atoms with E-state index in [1.807, 2.05) is 0 Å². The molecule has 0 aliphatic carbocycles. The van der Waals surface area contributed by atoms with E-state index in [9.17, 15) is 14.4 Å². The lowest BCUT2D eigenvalue weighted by molar-refractivity contribution is -0.120. The second-order valence-electron chi connectivity index (χ2n) is 8.24. The number of rotatable bonds is 13. The average molecular weight is 566 g/mol. The summed E-state index contributed by atoms with van der Waals surface area (Å²) < 4.78 is 31.5. The van der Waals surface area contributed by atoms with E-state index in [1.54, 1.807) is 36.4 Å². The van der Waals surface area contributed by atoms with Crippen molar-refractivity contribution in [3.63, 3.8) is 0 Å². The van der Waals surface area contributed by atoms with Crippen molar-refractivity contribution in [2.45, 2.75) is 6.42 Å². The van der Waals surface area contributed by atoms with E-state index >= 15 is 0 Å². The molecule has 0 saturated carbocycles. The number of benzene rings is 3. The van der Waals surface area contributed by atoms with Crippen LogP contribution in [-0.4, -0.2) is 66.1 Å². The summed E-state index contributed by atoms with van der Waals surface area (Å²) in [5.74, 6) is 0.928. The van der Waals surface area contributed by atoms with E-state index in [0.717, 1.165) is 0 Å². The van der Waals surface area contributed by atoms with Crippen LogP contribution in [0, 0.1) is 0 Å². The molecule has 216 valence electrons. The second-order valence-corrected chi connectivity index (χ2v) is 8.24. The molecule has 12 nitrogen and oxygen atoms in total. The second kappa shape index (κ2) is 14.8. The Hall–Kier alpha value is -5.26. The van der Waals surface area contributed by atoms with Crippen molar-refractivity contribution < 1.29 is 42.8 Å². The minimum atomic E-state index is -0.558. The fourth-order valence-electron chi connectivity index (χ4n) is 3.59. The third-order valence-corrected chi connectivity index (χ3v) is 5.68. The summed E-state index contributed by atoms with van der Waals surface area (Å²) >= 11 is 0. The van der Waals surface area contributed by atoms with Gasteiger partial charge in [-0.15, -0.1) is 0 Å². The summed E-state index contributed by atoms with van der Waals surface area (Å²) in [5, 5.41) is 6.58. The fraction of sp³-hybridized carbons (Fsp3) is 0.241. The monoisotopic (exact) mass is 565 g/mol. The number of carbonyl (C=O) groups excluding carboxylic acids is 3. The summed E-state index contributed by atoms with van der Waals surface area (Å²) in [7, 11) is 7.36. The van der Waals surface area contributed by atoms with Crippen molar-refractivity contribution in [1.82, 2.24) is 10.7 Å². The van der Waals surface area contributed by atoms with E-state index in [-0.39, 0.29) is 18.5 Å². The van der Waals surface area contributed by atoms with Crippen molar-refractivity contribution in [2.75, 3.05) is 42.1 Å². The molecule has 0 aliphatic heterocycles. The average Bonchev–Trinajstić information content (AvgIpc) is 3.00. The molecule has 3 rings (SSSR count). The SMILES string of the molecule is COc1ccc(C(=O)Oc2ccc(C=NNC(=O)CCNC(=O)c3cc(OC)c(OC)c(OC)c3)cc2)cc1OC. The van der Waals surface area contributed by atoms with Crippen molar-refractivity contribution in [3.8, 4) is 34.5 Å². The van der Waals surface area contributed by atoms with Crippen LogP contribution in [0.4, 0.5) is 0 Å². The Kier molecular flexibility index (Phi) is 10.9. The molecule has 0 aromatic heterocycles. The van der Waals surface area contributed by atoms with Crippen LogP contribution < -0.4 is 39.2 Å². The van der Waals surface area contributed by atoms with Gasteiger partial charge in [0.05, 0.1) is 47.3 Å². The Morgan fingerprint density at radius 2 is 1.34 bits per heavy atom. The topological polar surface area (TPSA) is 143 Å². The van der Waals surface area contributed by atoms with E-state index in [0.29, 0.717) is 45.6 Å². The van der Waals surface area contributed by atoms with Gasteiger partial charge in [0, 0.05) is 18.5 Å². The molecule has 2 amide bonds. The van der Waals surface area contributed by atoms with E-state index < -0.39 is 17.8 Å². The van der Waals surface area contributed by atoms with Crippen LogP contribution in [0.1, 0.15) is 32.7 Å². The number of nitrogens with zero attached hydrogens (tertiary/aromatic N) is 1. The molecule has 0 radical (unpaired) electrons. The highest BCUT2D eigenvalue weighted by Crippen LogP contribution is 2.38. The number of amides is 2. The Balaban J connectivity index is 1.46. The zero-order chi connectivity index (χ0) is 29.8. The number of nitrogens with one attached hydrogen (secondary N) is 2. The molecule has 0 heterocycles. The third-order valence-electron chi connectivity index (χ3n) is 5.68. The first-order valence-corrected chi connectivity index (χ1v) is 12.3. The summed E-state index contributed by atoms with van der Waals surface area (Å²) in [6, 6.07) is 14.3. The number of hydrogen-bond acceptors (Lipinski definition) is 10. The molecule has 0 bridgehead atoms. The van der Waals surface area contributed by atoms with Crippen LogP contribution in [0.3, 0.4) is 0 Å². The Bertz CT molecular complexity index is 1380. The minimum Gasteiger partial charge on any atom is -0.493 e. The van der Waals surface area contributed by atoms with Crippen molar-refractivity contribution >= 4 is 24.0 Å². The number of hydrazone groups is 1. The van der Waals surface area contributed by atoms with Crippen LogP contribution in [-0.2, 0) is 4.79 Å². The highest BCUT2D eigenvalue weighted by molar-refractivity contribution is 5.96. The molecule has 3 aromatic carbocycles. The molecule has 3 aromatic rings. The molecule has 0 atom stereocenters. The number of esters is 1. The van der Waals surface area contributed by atoms with Gasteiger partial charge < -0.3 is 33.7 Å². The first kappa shape index (κ1) is 30.3. The van der Waals surface area contributed by atoms with Crippen molar-refractivity contribution in [1.29, 1.82) is 0 Å². The molecular formula is C29H31N3O9. The number of carbonyl (C=O) groups is 3. The third kappa shape index (κ3) is 8.12. The van der Waals surface area contributed by atoms with Gasteiger partial charge in [0.15, 0.2) is 23.0 Å². The molecule has 41 heavy (non-hydrogen) atoms. The first-order valence-electron chi connectivity index (χ1n) is 12.3. The lowest BCUT2D eigenvalue weighted by atomic mass is 10.1. The molecule has 0 saturated heterocycles. The van der Waals surface area contributed by atoms with Crippen LogP contribution >= 0.6 is 0 Å². The quantitative estimate of drug-likeness (QED) is 0.138. The lowest BCUT2D eigenvalue weighted by Crippen LogP contribution is -2.29. The first-order chi connectivity index (χ1) is 19.8. The van der Waals surface area contributed by atoms with Crippen molar-refractivity contribution in [2.24, 2.45) is 5.10 Å². The number of ether oxygens (including phenoxy) is 6. The predicted octanol–water partition coefficient (Wildman–Crippen LogP) is 3.22. The minimum absolute atomic E-state index is 0.00145. The van der Waals surface area contributed by atoms with Gasteiger partial charge in [-0.3, -0.25) is 9.59 Å². The molecule has 0 spiro atoms. The highest BCUT2D eigenvalue weighted by atomic mass is 16.5. The van der Waals surface area contributed by atoms with Crippen LogP contribution in [0.5, 0.6) is 34.5 Å². The van der Waals surface area contributed by atoms with Gasteiger partial charge in [-0.25, -0.2) is 10.2 Å². The molecule has 2 N–H and O–H groups in total. The normalized spacial score (nSPS) is 10.5. The van der Waals surface area contributed by atoms with Gasteiger partial charge in [-0.05, 0) is 60.2 Å². The largest absolute Gasteiger partial charge is 0.493 e. The maximum absolute atomic E-state index is 12.5. The molecule has 0 fully saturated rings. The smallest absolute Gasteiger partial charge is 0.343 e. The standard InChI is InChI=1S/C29H31N3O9/c1-36-22-11-8-19(14-23(22)37-2)29(35)41-21-9-6-18(7-10-21)17-31-32-26(33)12-13-30-28(34)20-15-24(38-3)27(40-5)25(16-20)39-4/h6-11,14-17H,12-13H2,1-5H3,(H,30,34)(H,32,33). The van der Waals surface area contributed by atoms with Gasteiger partial charge in [-0.2, -0.15) is 5.10 Å². The van der Waals surface area contributed by atoms with Gasteiger partial charge >= 0.3 is 5.97 Å². The zero-order valence-corrected chi connectivity index (χ0v) is 23.3. The van der Waals surface area contributed by atoms with Gasteiger partial charge in [0.1, 0.15) is 5.75 Å². The zero-order valence-electron chi connectivity index (χ0n) is 23.3. The predicted molar refractivity (Wildman–Crippen MR) is 150 cm³/mol. The molecule has 0 aliphatic rings. The van der Waals surface area contributed by atoms with E-state index in [2.05, 4.69) is 15.8 Å². The van der Waals surface area contributed by atoms with Gasteiger partial charge in [0.25, 0.3) is 5.91 Å². The summed E-state index contributed by atoms with van der Waals surface area (Å²) in [5.41, 5.74) is 3.65. The highest BCUT2D eigenvalue weighted by Gasteiger charge is 2.17. The van der Waals surface area contributed by atoms with Crippen molar-refractivity contribution in [3.05, 3.63) is 71.3 Å². The Labute approximate surface area is 237 Å². The Morgan fingerprint density at radius 3 is 1.93 bits per heavy atom. The summed E-state index contributed by atoms with van der Waals surface area (Å²) in [4.78, 5) is 37.1. The number of hydrogen-bond donors (Lipinski definition) is 2. The van der Waals surface area contributed by atoms with Crippen LogP contribution in [0.2, 0.25) is 0 Å². The fourth-order valence-corrected chi connectivity index (χ4v) is 3.59. The molecule has 12 heteroatoms. The molecule has 0 unspecified atom stereocenters. The number of methoxy groups -OCH3 is 5. The van der Waals surface area contributed by atoms with Crippen LogP contribution in [0.25, 0.3) is 0 Å². The lowest BCUT2D eigenvalue weighted by Gasteiger charge is -2.14. The van der Waals surface area contributed by atoms with Crippen LogP contribution in [0.15, 0.2) is 59.7 Å². The van der Waals surface area contributed by atoms with Gasteiger partial charge in [-0.1, -0.05) is 0 Å². The Morgan fingerprint density at radius 1 is 0.732 bits per heavy atom. The van der Waals surface area contributed by atoms with E-state index in [1.165, 1.54) is 60.0 Å². The van der Waals surface area contributed by atoms with E-state index in [4.69, 9.17) is 28.4 Å². The maximum Gasteiger partial charge on any atom is 0.343 e. The summed E-state index contributed by atoms with van der Waals surface area (Å²) in [6.45, 7) is 0.0803.